The average molecular weight is 125 g/mol. The second kappa shape index (κ2) is 2.74. The summed E-state index contributed by atoms with van der Waals surface area (Å²) in [7, 11) is 0. The lowest BCUT2D eigenvalue weighted by Gasteiger charge is -2.38. The van der Waals surface area contributed by atoms with Gasteiger partial charge in [-0.15, -0.1) is 0 Å². The van der Waals surface area contributed by atoms with Crippen LogP contribution in [-0.4, -0.2) is 32.9 Å². The molecule has 1 nitrogen and oxygen atoms in total. The van der Waals surface area contributed by atoms with Crippen LogP contribution in [0.5, 0.6) is 0 Å². The molecule has 2 heteroatoms. The molecule has 9 heavy (non-hydrogen) atoms. The highest BCUT2D eigenvalue weighted by Gasteiger charge is 2.24. The molecule has 3 rings (SSSR count). The first kappa shape index (κ1) is 7.14. The van der Waals surface area contributed by atoms with Crippen LogP contribution in [0.25, 0.3) is 0 Å². The average Bonchev–Trinajstić information content (AvgIpc) is 1.92. The number of rotatable bonds is 0. The summed E-state index contributed by atoms with van der Waals surface area (Å²) < 4.78 is 0. The van der Waals surface area contributed by atoms with Crippen molar-refractivity contribution in [3.05, 3.63) is 0 Å². The summed E-state index contributed by atoms with van der Waals surface area (Å²) in [5, 5.41) is 0. The molecule has 52 valence electrons. The van der Waals surface area contributed by atoms with Gasteiger partial charge in [-0.3, -0.25) is 0 Å². The molecule has 3 fully saturated rings. The van der Waals surface area contributed by atoms with Gasteiger partial charge in [-0.2, -0.15) is 0 Å². The first-order valence-electron chi connectivity index (χ1n) is 3.67. The van der Waals surface area contributed by atoms with Crippen molar-refractivity contribution >= 4 is 8.41 Å². The van der Waals surface area contributed by atoms with E-state index in [1.807, 2.05) is 0 Å². The lowest BCUT2D eigenvalue weighted by atomic mass is 9.89. The summed E-state index contributed by atoms with van der Waals surface area (Å²) in [5.41, 5.74) is 0. The Morgan fingerprint density at radius 1 is 0.889 bits per heavy atom. The van der Waals surface area contributed by atoms with E-state index < -0.39 is 0 Å². The van der Waals surface area contributed by atoms with Crippen LogP contribution in [0.4, 0.5) is 0 Å². The summed E-state index contributed by atoms with van der Waals surface area (Å²) >= 11 is 0. The van der Waals surface area contributed by atoms with Gasteiger partial charge in [-0.1, -0.05) is 0 Å². The first-order valence-corrected chi connectivity index (χ1v) is 3.67. The fourth-order valence-electron chi connectivity index (χ4n) is 1.86. The third kappa shape index (κ3) is 1.29. The SMILES string of the molecule is B.C1CN2CCC1CC2. The van der Waals surface area contributed by atoms with E-state index >= 15 is 0 Å². The fraction of sp³-hybridized carbons (Fsp3) is 1.00. The van der Waals surface area contributed by atoms with Gasteiger partial charge in [-0.05, 0) is 44.8 Å². The molecule has 3 saturated heterocycles. The zero-order valence-corrected chi connectivity index (χ0v) is 5.27. The Morgan fingerprint density at radius 2 is 1.33 bits per heavy atom. The monoisotopic (exact) mass is 125 g/mol. The second-order valence-electron chi connectivity index (χ2n) is 3.07. The number of piperidine rings is 3. The van der Waals surface area contributed by atoms with Crippen molar-refractivity contribution in [3.8, 4) is 0 Å². The molecule has 0 N–H and O–H groups in total. The predicted molar refractivity (Wildman–Crippen MR) is 43.7 cm³/mol. The highest BCUT2D eigenvalue weighted by atomic mass is 15.1. The van der Waals surface area contributed by atoms with E-state index in [0.29, 0.717) is 0 Å². The Labute approximate surface area is 59.0 Å². The molecule has 0 amide bonds. The minimum absolute atomic E-state index is 0. The van der Waals surface area contributed by atoms with E-state index in [1.54, 1.807) is 0 Å². The first-order chi connectivity index (χ1) is 3.95. The quantitative estimate of drug-likeness (QED) is 0.409. The van der Waals surface area contributed by atoms with Gasteiger partial charge >= 0.3 is 0 Å². The molecule has 0 aromatic rings. The van der Waals surface area contributed by atoms with E-state index in [0.717, 1.165) is 5.92 Å². The Kier molecular flexibility index (Phi) is 2.17. The van der Waals surface area contributed by atoms with Crippen molar-refractivity contribution in [1.82, 2.24) is 4.90 Å². The van der Waals surface area contributed by atoms with Crippen LogP contribution >= 0.6 is 0 Å². The molecule has 3 heterocycles. The smallest absolute Gasteiger partial charge is 0.0814 e. The third-order valence-corrected chi connectivity index (χ3v) is 2.56. The maximum absolute atomic E-state index is 2.58. The highest BCUT2D eigenvalue weighted by molar-refractivity contribution is 5.75. The molecule has 0 radical (unpaired) electrons. The van der Waals surface area contributed by atoms with E-state index in [4.69, 9.17) is 0 Å². The summed E-state index contributed by atoms with van der Waals surface area (Å²) in [6.45, 7) is 4.18. The second-order valence-corrected chi connectivity index (χ2v) is 3.07. The number of hydrogen-bond donors (Lipinski definition) is 0. The van der Waals surface area contributed by atoms with Gasteiger partial charge in [0.25, 0.3) is 0 Å². The van der Waals surface area contributed by atoms with Gasteiger partial charge in [0.05, 0.1) is 8.41 Å². The van der Waals surface area contributed by atoms with Crippen LogP contribution in [0.1, 0.15) is 19.3 Å². The molecule has 0 atom stereocenters. The van der Waals surface area contributed by atoms with Crippen molar-refractivity contribution in [3.63, 3.8) is 0 Å². The predicted octanol–water partition coefficient (Wildman–Crippen LogP) is -0.0818. The van der Waals surface area contributed by atoms with Crippen LogP contribution < -0.4 is 0 Å². The molecule has 0 spiro atoms. The standard InChI is InChI=1S/C7H13N.BH3/c1-4-8-5-2-7(1)3-6-8;/h7H,1-6H2;1H3. The largest absolute Gasteiger partial charge is 0.303 e. The summed E-state index contributed by atoms with van der Waals surface area (Å²) in [6.07, 6.45) is 4.46. The molecule has 0 aromatic carbocycles. The molecule has 0 aliphatic carbocycles. The van der Waals surface area contributed by atoms with E-state index in [9.17, 15) is 0 Å². The summed E-state index contributed by atoms with van der Waals surface area (Å²) in [4.78, 5) is 2.58. The Bertz CT molecular complexity index is 63.9. The minimum atomic E-state index is 0. The number of fused-ring (bicyclic) bond motifs is 3. The molecule has 0 aromatic heterocycles. The van der Waals surface area contributed by atoms with Gasteiger partial charge in [-0.25, -0.2) is 0 Å². The molecule has 0 unspecified atom stereocenters. The molecular weight excluding hydrogens is 109 g/mol. The van der Waals surface area contributed by atoms with Crippen LogP contribution in [0.2, 0.25) is 0 Å². The van der Waals surface area contributed by atoms with Gasteiger partial charge < -0.3 is 4.90 Å². The van der Waals surface area contributed by atoms with Gasteiger partial charge in [0.2, 0.25) is 0 Å². The Balaban J connectivity index is 0.000000405. The normalized spacial score (nSPS) is 40.0. The lowest BCUT2D eigenvalue weighted by molar-refractivity contribution is 0.111. The van der Waals surface area contributed by atoms with Crippen LogP contribution in [0, 0.1) is 5.92 Å². The molecule has 0 saturated carbocycles. The van der Waals surface area contributed by atoms with Crippen LogP contribution in [0.3, 0.4) is 0 Å². The van der Waals surface area contributed by atoms with Crippen molar-refractivity contribution < 1.29 is 0 Å². The van der Waals surface area contributed by atoms with E-state index in [2.05, 4.69) is 4.90 Å². The van der Waals surface area contributed by atoms with Gasteiger partial charge in [0, 0.05) is 0 Å². The molecule has 3 aliphatic rings. The summed E-state index contributed by atoms with van der Waals surface area (Å²) in [6, 6.07) is 0. The maximum atomic E-state index is 2.58. The van der Waals surface area contributed by atoms with Crippen molar-refractivity contribution in [2.75, 3.05) is 19.6 Å². The third-order valence-electron chi connectivity index (χ3n) is 2.56. The molecule has 3 aliphatic heterocycles. The number of nitrogens with zero attached hydrogens (tertiary/aromatic N) is 1. The lowest BCUT2D eigenvalue weighted by Crippen LogP contribution is -2.41. The zero-order chi connectivity index (χ0) is 5.40. The van der Waals surface area contributed by atoms with Gasteiger partial charge in [0.1, 0.15) is 0 Å². The highest BCUT2D eigenvalue weighted by Crippen LogP contribution is 2.26. The maximum Gasteiger partial charge on any atom is 0.0814 e. The Morgan fingerprint density at radius 3 is 1.44 bits per heavy atom. The number of hydrogen-bond acceptors (Lipinski definition) is 1. The summed E-state index contributed by atoms with van der Waals surface area (Å²) in [5.74, 6) is 1.11. The van der Waals surface area contributed by atoms with E-state index in [1.165, 1.54) is 38.9 Å². The fourth-order valence-corrected chi connectivity index (χ4v) is 1.86. The van der Waals surface area contributed by atoms with Crippen LogP contribution in [0.15, 0.2) is 0 Å². The molecular formula is C7H16BN. The van der Waals surface area contributed by atoms with Crippen molar-refractivity contribution in [2.24, 2.45) is 5.92 Å². The topological polar surface area (TPSA) is 3.24 Å². The van der Waals surface area contributed by atoms with Crippen LogP contribution in [-0.2, 0) is 0 Å². The van der Waals surface area contributed by atoms with E-state index in [-0.39, 0.29) is 8.41 Å². The zero-order valence-electron chi connectivity index (χ0n) is 5.27. The Hall–Kier alpha value is 0.0249. The molecule has 2 bridgehead atoms. The van der Waals surface area contributed by atoms with Crippen molar-refractivity contribution in [1.29, 1.82) is 0 Å². The van der Waals surface area contributed by atoms with Crippen molar-refractivity contribution in [2.45, 2.75) is 19.3 Å². The van der Waals surface area contributed by atoms with Gasteiger partial charge in [0.15, 0.2) is 0 Å². The minimum Gasteiger partial charge on any atom is -0.303 e.